The van der Waals surface area contributed by atoms with E-state index in [1.54, 1.807) is 12.3 Å². The molecule has 2 rings (SSSR count). The Morgan fingerprint density at radius 3 is 2.87 bits per heavy atom. The van der Waals surface area contributed by atoms with Gasteiger partial charge in [-0.3, -0.25) is 0 Å². The van der Waals surface area contributed by atoms with Crippen LogP contribution in [0, 0.1) is 5.92 Å². The van der Waals surface area contributed by atoms with Gasteiger partial charge >= 0.3 is 0 Å². The van der Waals surface area contributed by atoms with E-state index in [4.69, 9.17) is 16.7 Å². The van der Waals surface area contributed by atoms with E-state index in [0.29, 0.717) is 5.02 Å². The van der Waals surface area contributed by atoms with Gasteiger partial charge in [0.1, 0.15) is 5.82 Å². The van der Waals surface area contributed by atoms with Crippen molar-refractivity contribution in [2.24, 2.45) is 5.92 Å². The molecule has 0 saturated heterocycles. The fourth-order valence-electron chi connectivity index (χ4n) is 1.61. The van der Waals surface area contributed by atoms with Crippen molar-refractivity contribution in [3.05, 3.63) is 22.8 Å². The summed E-state index contributed by atoms with van der Waals surface area (Å²) in [6.45, 7) is 1.00. The number of nitrogens with zero attached hydrogens (tertiary/aromatic N) is 2. The zero-order valence-corrected chi connectivity index (χ0v) is 9.54. The summed E-state index contributed by atoms with van der Waals surface area (Å²) in [6.07, 6.45) is 4.30. The van der Waals surface area contributed by atoms with Gasteiger partial charge in [-0.05, 0) is 30.4 Å². The number of rotatable bonds is 4. The normalized spacial score (nSPS) is 15.4. The minimum absolute atomic E-state index is 0.0145. The summed E-state index contributed by atoms with van der Waals surface area (Å²) in [5.41, 5.74) is 0.753. The molecule has 0 amide bonds. The summed E-state index contributed by atoms with van der Waals surface area (Å²) in [5, 5.41) is 9.55. The highest BCUT2D eigenvalue weighted by atomic mass is 35.5. The number of aliphatic hydroxyl groups is 1. The van der Waals surface area contributed by atoms with Crippen molar-refractivity contribution >= 4 is 17.4 Å². The Balaban J connectivity index is 2.11. The van der Waals surface area contributed by atoms with Crippen LogP contribution in [0.5, 0.6) is 0 Å². The van der Waals surface area contributed by atoms with Crippen LogP contribution in [0.25, 0.3) is 0 Å². The number of hydrogen-bond acceptors (Lipinski definition) is 3. The highest BCUT2D eigenvalue weighted by Gasteiger charge is 2.24. The Morgan fingerprint density at radius 1 is 1.60 bits per heavy atom. The summed E-state index contributed by atoms with van der Waals surface area (Å²) in [6, 6.07) is 1.77. The minimum Gasteiger partial charge on any atom is -0.392 e. The number of aliphatic hydroxyl groups excluding tert-OH is 1. The van der Waals surface area contributed by atoms with Crippen LogP contribution >= 0.6 is 11.6 Å². The molecule has 0 atom stereocenters. The van der Waals surface area contributed by atoms with Crippen molar-refractivity contribution in [2.45, 2.75) is 19.4 Å². The van der Waals surface area contributed by atoms with Crippen molar-refractivity contribution in [2.75, 3.05) is 18.5 Å². The lowest BCUT2D eigenvalue weighted by molar-refractivity contribution is 0.281. The molecule has 0 aromatic carbocycles. The van der Waals surface area contributed by atoms with Gasteiger partial charge in [0.25, 0.3) is 0 Å². The first-order valence-electron chi connectivity index (χ1n) is 5.17. The topological polar surface area (TPSA) is 36.4 Å². The minimum atomic E-state index is -0.0145. The third-order valence-electron chi connectivity index (χ3n) is 2.65. The van der Waals surface area contributed by atoms with Gasteiger partial charge in [0.05, 0.1) is 11.6 Å². The molecule has 1 aromatic heterocycles. The summed E-state index contributed by atoms with van der Waals surface area (Å²) in [4.78, 5) is 6.35. The van der Waals surface area contributed by atoms with E-state index in [9.17, 15) is 0 Å². The lowest BCUT2D eigenvalue weighted by Gasteiger charge is -2.19. The monoisotopic (exact) mass is 226 g/mol. The van der Waals surface area contributed by atoms with Crippen LogP contribution in [0.15, 0.2) is 12.3 Å². The molecule has 1 aliphatic rings. The van der Waals surface area contributed by atoms with Gasteiger partial charge < -0.3 is 10.0 Å². The lowest BCUT2D eigenvalue weighted by Crippen LogP contribution is -2.21. The molecule has 82 valence electrons. The Hall–Kier alpha value is -0.800. The Bertz CT molecular complexity index is 352. The summed E-state index contributed by atoms with van der Waals surface area (Å²) >= 11 is 6.09. The van der Waals surface area contributed by atoms with Gasteiger partial charge in [-0.15, -0.1) is 0 Å². The number of aromatic nitrogens is 1. The van der Waals surface area contributed by atoms with E-state index in [0.717, 1.165) is 23.8 Å². The van der Waals surface area contributed by atoms with E-state index in [1.165, 1.54) is 12.8 Å². The molecule has 15 heavy (non-hydrogen) atoms. The Morgan fingerprint density at radius 2 is 2.33 bits per heavy atom. The maximum Gasteiger partial charge on any atom is 0.147 e. The summed E-state index contributed by atoms with van der Waals surface area (Å²) < 4.78 is 0. The first-order valence-corrected chi connectivity index (χ1v) is 5.55. The third-order valence-corrected chi connectivity index (χ3v) is 2.93. The molecular formula is C11H15ClN2O. The molecule has 1 fully saturated rings. The largest absolute Gasteiger partial charge is 0.392 e. The molecular weight excluding hydrogens is 212 g/mol. The number of anilines is 1. The second kappa shape index (κ2) is 4.37. The van der Waals surface area contributed by atoms with Crippen molar-refractivity contribution in [3.63, 3.8) is 0 Å². The van der Waals surface area contributed by atoms with Gasteiger partial charge in [-0.25, -0.2) is 4.98 Å². The molecule has 0 spiro atoms. The number of pyridine rings is 1. The quantitative estimate of drug-likeness (QED) is 0.854. The van der Waals surface area contributed by atoms with Crippen molar-refractivity contribution < 1.29 is 5.11 Å². The standard InChI is InChI=1S/C11H15ClN2O/c1-14(6-8-2-3-8)11-10(12)4-9(7-15)5-13-11/h4-5,8,15H,2-3,6-7H2,1H3. The van der Waals surface area contributed by atoms with Gasteiger partial charge in [0.15, 0.2) is 0 Å². The second-order valence-corrected chi connectivity index (χ2v) is 4.54. The molecule has 0 unspecified atom stereocenters. The van der Waals surface area contributed by atoms with E-state index >= 15 is 0 Å². The smallest absolute Gasteiger partial charge is 0.147 e. The van der Waals surface area contributed by atoms with Crippen LogP contribution in [0.4, 0.5) is 5.82 Å². The predicted octanol–water partition coefficient (Wildman–Crippen LogP) is 2.07. The van der Waals surface area contributed by atoms with E-state index < -0.39 is 0 Å². The zero-order chi connectivity index (χ0) is 10.8. The fourth-order valence-corrected chi connectivity index (χ4v) is 1.95. The predicted molar refractivity (Wildman–Crippen MR) is 61.2 cm³/mol. The highest BCUT2D eigenvalue weighted by molar-refractivity contribution is 6.33. The van der Waals surface area contributed by atoms with Gasteiger partial charge in [0, 0.05) is 19.8 Å². The molecule has 0 bridgehead atoms. The number of hydrogen-bond donors (Lipinski definition) is 1. The molecule has 3 nitrogen and oxygen atoms in total. The number of halogens is 1. The average Bonchev–Trinajstić information content (AvgIpc) is 3.01. The van der Waals surface area contributed by atoms with Crippen LogP contribution in [0.3, 0.4) is 0 Å². The summed E-state index contributed by atoms with van der Waals surface area (Å²) in [5.74, 6) is 1.62. The van der Waals surface area contributed by atoms with Crippen molar-refractivity contribution in [1.82, 2.24) is 4.98 Å². The molecule has 1 aromatic rings. The fraction of sp³-hybridized carbons (Fsp3) is 0.545. The van der Waals surface area contributed by atoms with E-state index in [2.05, 4.69) is 9.88 Å². The zero-order valence-electron chi connectivity index (χ0n) is 8.78. The average molecular weight is 227 g/mol. The SMILES string of the molecule is CN(CC1CC1)c1ncc(CO)cc1Cl. The molecule has 4 heteroatoms. The Labute approximate surface area is 94.7 Å². The van der Waals surface area contributed by atoms with Crippen LogP contribution in [0.1, 0.15) is 18.4 Å². The van der Waals surface area contributed by atoms with Crippen LogP contribution in [0.2, 0.25) is 5.02 Å². The van der Waals surface area contributed by atoms with Crippen LogP contribution < -0.4 is 4.90 Å². The lowest BCUT2D eigenvalue weighted by atomic mass is 10.3. The third kappa shape index (κ3) is 2.61. The summed E-state index contributed by atoms with van der Waals surface area (Å²) in [7, 11) is 2.01. The Kier molecular flexibility index (Phi) is 3.12. The van der Waals surface area contributed by atoms with Crippen molar-refractivity contribution in [1.29, 1.82) is 0 Å². The van der Waals surface area contributed by atoms with Gasteiger partial charge in [-0.1, -0.05) is 11.6 Å². The molecule has 0 radical (unpaired) electrons. The molecule has 1 aliphatic carbocycles. The first kappa shape index (κ1) is 10.7. The molecule has 0 aliphatic heterocycles. The second-order valence-electron chi connectivity index (χ2n) is 4.13. The maximum atomic E-state index is 8.93. The van der Waals surface area contributed by atoms with E-state index in [-0.39, 0.29) is 6.61 Å². The molecule has 1 heterocycles. The van der Waals surface area contributed by atoms with Crippen LogP contribution in [-0.4, -0.2) is 23.7 Å². The van der Waals surface area contributed by atoms with Crippen molar-refractivity contribution in [3.8, 4) is 0 Å². The maximum absolute atomic E-state index is 8.93. The first-order chi connectivity index (χ1) is 7.20. The van der Waals surface area contributed by atoms with Gasteiger partial charge in [-0.2, -0.15) is 0 Å². The van der Waals surface area contributed by atoms with E-state index in [1.807, 2.05) is 7.05 Å². The highest BCUT2D eigenvalue weighted by Crippen LogP contribution is 2.32. The van der Waals surface area contributed by atoms with Gasteiger partial charge in [0.2, 0.25) is 0 Å². The molecule has 1 saturated carbocycles. The van der Waals surface area contributed by atoms with Crippen LogP contribution in [-0.2, 0) is 6.61 Å². The molecule has 1 N–H and O–H groups in total.